The van der Waals surface area contributed by atoms with Gasteiger partial charge in [0, 0.05) is 11.5 Å². The molecule has 1 rings (SSSR count). The summed E-state index contributed by atoms with van der Waals surface area (Å²) in [5.41, 5.74) is 0. The number of alkyl halides is 3. The molecule has 0 spiro atoms. The fourth-order valence-corrected chi connectivity index (χ4v) is 3.09. The van der Waals surface area contributed by atoms with Crippen molar-refractivity contribution in [2.45, 2.75) is 6.18 Å². The quantitative estimate of drug-likeness (QED) is 0.508. The Morgan fingerprint density at radius 2 is 1.88 bits per heavy atom. The standard InChI is InChI=1S/C7H9BF3N2O3S/c9-7(10,11)6(15)12-17(16)3-1-13(2-4-17)8-5-14/h5H,1-4H2. The molecule has 1 amide bonds. The van der Waals surface area contributed by atoms with Crippen LogP contribution < -0.4 is 0 Å². The van der Waals surface area contributed by atoms with E-state index in [-0.39, 0.29) is 24.6 Å². The number of halogens is 3. The van der Waals surface area contributed by atoms with E-state index >= 15 is 0 Å². The highest BCUT2D eigenvalue weighted by molar-refractivity contribution is 7.94. The fourth-order valence-electron chi connectivity index (χ4n) is 1.26. The van der Waals surface area contributed by atoms with E-state index in [4.69, 9.17) is 0 Å². The molecule has 1 radical (unpaired) electrons. The van der Waals surface area contributed by atoms with Gasteiger partial charge in [-0.1, -0.05) is 0 Å². The molecule has 0 aromatic heterocycles. The minimum absolute atomic E-state index is 0.145. The first-order valence-corrected chi connectivity index (χ1v) is 6.48. The van der Waals surface area contributed by atoms with Gasteiger partial charge in [0.25, 0.3) is 7.41 Å². The normalized spacial score (nSPS) is 20.6. The van der Waals surface area contributed by atoms with Gasteiger partial charge in [-0.3, -0.25) is 4.79 Å². The molecule has 0 aromatic rings. The number of carbonyl (C=O) groups excluding carboxylic acids is 2. The van der Waals surface area contributed by atoms with Crippen molar-refractivity contribution in [2.75, 3.05) is 24.6 Å². The lowest BCUT2D eigenvalue weighted by Crippen LogP contribution is -2.43. The average molecular weight is 269 g/mol. The van der Waals surface area contributed by atoms with E-state index in [1.54, 1.807) is 0 Å². The zero-order valence-corrected chi connectivity index (χ0v) is 9.46. The fraction of sp³-hybridized carbons (Fsp3) is 0.714. The maximum atomic E-state index is 11.9. The van der Waals surface area contributed by atoms with Crippen molar-refractivity contribution in [1.29, 1.82) is 0 Å². The van der Waals surface area contributed by atoms with Gasteiger partial charge in [0.1, 0.15) is 0 Å². The van der Waals surface area contributed by atoms with E-state index in [0.29, 0.717) is 6.19 Å². The third-order valence-corrected chi connectivity index (χ3v) is 4.30. The molecule has 95 valence electrons. The lowest BCUT2D eigenvalue weighted by atomic mass is 9.95. The Kier molecular flexibility index (Phi) is 4.31. The predicted molar refractivity (Wildman–Crippen MR) is 55.4 cm³/mol. The molecule has 10 heteroatoms. The highest BCUT2D eigenvalue weighted by Gasteiger charge is 2.40. The lowest BCUT2D eigenvalue weighted by molar-refractivity contribution is -0.169. The van der Waals surface area contributed by atoms with Crippen LogP contribution in [0, 0.1) is 0 Å². The van der Waals surface area contributed by atoms with Crippen LogP contribution in [0.2, 0.25) is 0 Å². The number of amides is 1. The Balaban J connectivity index is 2.73. The van der Waals surface area contributed by atoms with Crippen molar-refractivity contribution in [2.24, 2.45) is 4.36 Å². The summed E-state index contributed by atoms with van der Waals surface area (Å²) >= 11 is 0. The molecule has 1 fully saturated rings. The first-order chi connectivity index (χ1) is 7.77. The minimum atomic E-state index is -5.09. The molecule has 1 aliphatic rings. The van der Waals surface area contributed by atoms with E-state index in [1.807, 2.05) is 0 Å². The lowest BCUT2D eigenvalue weighted by Gasteiger charge is -2.26. The Morgan fingerprint density at radius 1 is 1.35 bits per heavy atom. The molecule has 0 atom stereocenters. The number of nitrogens with zero attached hydrogens (tertiary/aromatic N) is 2. The summed E-state index contributed by atoms with van der Waals surface area (Å²) in [5, 5.41) is 0. The van der Waals surface area contributed by atoms with Gasteiger partial charge in [-0.05, 0) is 13.1 Å². The summed E-state index contributed by atoms with van der Waals surface area (Å²) < 4.78 is 50.4. The molecule has 1 aliphatic heterocycles. The van der Waals surface area contributed by atoms with Gasteiger partial charge in [-0.25, -0.2) is 4.21 Å². The summed E-state index contributed by atoms with van der Waals surface area (Å²) in [5.74, 6) is -2.62. The monoisotopic (exact) mass is 269 g/mol. The second-order valence-corrected chi connectivity index (χ2v) is 5.94. The molecule has 0 aliphatic carbocycles. The van der Waals surface area contributed by atoms with Crippen LogP contribution in [0.15, 0.2) is 4.36 Å². The maximum Gasteiger partial charge on any atom is 0.474 e. The van der Waals surface area contributed by atoms with Gasteiger partial charge in [-0.15, -0.1) is 0 Å². The summed E-state index contributed by atoms with van der Waals surface area (Å²) in [7, 11) is -1.93. The number of hydrogen-bond donors (Lipinski definition) is 0. The van der Waals surface area contributed by atoms with Crippen molar-refractivity contribution in [3.05, 3.63) is 0 Å². The molecule has 17 heavy (non-hydrogen) atoms. The van der Waals surface area contributed by atoms with E-state index in [2.05, 4.69) is 4.36 Å². The van der Waals surface area contributed by atoms with Gasteiger partial charge >= 0.3 is 12.1 Å². The number of hydrogen-bond acceptors (Lipinski definition) is 4. The van der Waals surface area contributed by atoms with Gasteiger partial charge in [0.05, 0.1) is 15.9 Å². The smallest absolute Gasteiger partial charge is 0.338 e. The highest BCUT2D eigenvalue weighted by atomic mass is 32.2. The van der Waals surface area contributed by atoms with Crippen LogP contribution in [0.3, 0.4) is 0 Å². The van der Waals surface area contributed by atoms with Crippen LogP contribution in [-0.2, 0) is 19.3 Å². The summed E-state index contributed by atoms with van der Waals surface area (Å²) in [6.45, 7) is 0.290. The molecule has 0 N–H and O–H groups in total. The van der Waals surface area contributed by atoms with Crippen LogP contribution in [0.1, 0.15) is 0 Å². The third kappa shape index (κ3) is 4.12. The number of rotatable bonds is 2. The second kappa shape index (κ2) is 5.17. The van der Waals surface area contributed by atoms with Crippen LogP contribution >= 0.6 is 0 Å². The Hall–Kier alpha value is -0.895. The first-order valence-electron chi connectivity index (χ1n) is 4.63. The minimum Gasteiger partial charge on any atom is -0.338 e. The summed E-state index contributed by atoms with van der Waals surface area (Å²) in [4.78, 5) is 22.3. The predicted octanol–water partition coefficient (Wildman–Crippen LogP) is -0.332. The summed E-state index contributed by atoms with van der Waals surface area (Å²) in [6.07, 6.45) is -4.55. The van der Waals surface area contributed by atoms with Gasteiger partial charge in [0.15, 0.2) is 0 Å². The van der Waals surface area contributed by atoms with Crippen molar-refractivity contribution < 1.29 is 27.0 Å². The molecule has 0 unspecified atom stereocenters. The zero-order valence-electron chi connectivity index (χ0n) is 8.64. The van der Waals surface area contributed by atoms with Crippen molar-refractivity contribution in [3.63, 3.8) is 0 Å². The van der Waals surface area contributed by atoms with Gasteiger partial charge in [0.2, 0.25) is 0 Å². The maximum absolute atomic E-state index is 11.9. The number of carbonyl (C=O) groups is 2. The van der Waals surface area contributed by atoms with Crippen molar-refractivity contribution in [1.82, 2.24) is 4.81 Å². The molecular formula is C7H9BF3N2O3S. The van der Waals surface area contributed by atoms with Gasteiger partial charge in [-0.2, -0.15) is 17.5 Å². The topological polar surface area (TPSA) is 66.8 Å². The van der Waals surface area contributed by atoms with Crippen LogP contribution in [-0.4, -0.2) is 59.3 Å². The van der Waals surface area contributed by atoms with Crippen LogP contribution in [0.5, 0.6) is 0 Å². The van der Waals surface area contributed by atoms with Crippen LogP contribution in [0.25, 0.3) is 0 Å². The zero-order chi connectivity index (χ0) is 13.1. The van der Waals surface area contributed by atoms with E-state index < -0.39 is 21.8 Å². The Bertz CT molecular complexity index is 417. The highest BCUT2D eigenvalue weighted by Crippen LogP contribution is 2.18. The Labute approximate surface area is 96.8 Å². The molecule has 0 saturated carbocycles. The van der Waals surface area contributed by atoms with E-state index in [9.17, 15) is 27.0 Å². The second-order valence-electron chi connectivity index (χ2n) is 3.40. The molecule has 0 aromatic carbocycles. The molecule has 1 saturated heterocycles. The first kappa shape index (κ1) is 14.2. The third-order valence-electron chi connectivity index (χ3n) is 2.16. The Morgan fingerprint density at radius 3 is 2.29 bits per heavy atom. The van der Waals surface area contributed by atoms with Gasteiger partial charge < -0.3 is 9.61 Å². The molecule has 5 nitrogen and oxygen atoms in total. The van der Waals surface area contributed by atoms with Crippen molar-refractivity contribution in [3.8, 4) is 0 Å². The molecule has 0 bridgehead atoms. The summed E-state index contributed by atoms with van der Waals surface area (Å²) in [6, 6.07) is 0. The molecule has 1 heterocycles. The molecular weight excluding hydrogens is 260 g/mol. The average Bonchev–Trinajstić information content (AvgIpc) is 2.20. The van der Waals surface area contributed by atoms with Crippen LogP contribution in [0.4, 0.5) is 13.2 Å². The van der Waals surface area contributed by atoms with E-state index in [0.717, 1.165) is 0 Å². The van der Waals surface area contributed by atoms with Crippen molar-refractivity contribution >= 4 is 29.2 Å². The SMILES string of the molecule is O=C[B]N1CCS(=O)(=NC(=O)C(F)(F)F)CC1. The van der Waals surface area contributed by atoms with E-state index in [1.165, 1.54) is 12.2 Å². The largest absolute Gasteiger partial charge is 0.474 e.